The molecule has 0 fully saturated rings. The number of aliphatic hydroxyl groups is 1. The van der Waals surface area contributed by atoms with Crippen LogP contribution in [0, 0.1) is 0 Å². The lowest BCUT2D eigenvalue weighted by atomic mass is 9.99. The van der Waals surface area contributed by atoms with Gasteiger partial charge in [-0.3, -0.25) is 0 Å². The molecule has 3 aromatic rings. The number of sulfonamides is 1. The van der Waals surface area contributed by atoms with Crippen molar-refractivity contribution in [2.45, 2.75) is 16.9 Å². The van der Waals surface area contributed by atoms with Crippen LogP contribution in [0.25, 0.3) is 0 Å². The molecule has 8 heteroatoms. The van der Waals surface area contributed by atoms with Gasteiger partial charge in [-0.05, 0) is 47.3 Å². The number of fused-ring (bicyclic) bond motifs is 1. The minimum atomic E-state index is -3.80. The van der Waals surface area contributed by atoms with Crippen LogP contribution in [-0.4, -0.2) is 26.7 Å². The van der Waals surface area contributed by atoms with Crippen molar-refractivity contribution >= 4 is 21.4 Å². The lowest BCUT2D eigenvalue weighted by Crippen LogP contribution is -2.40. The highest BCUT2D eigenvalue weighted by molar-refractivity contribution is 7.89. The normalized spacial score (nSPS) is 16.0. The lowest BCUT2D eigenvalue weighted by molar-refractivity contribution is 0.0655. The zero-order valence-corrected chi connectivity index (χ0v) is 15.3. The van der Waals surface area contributed by atoms with Gasteiger partial charge in [0.2, 0.25) is 10.0 Å². The maximum Gasteiger partial charge on any atom is 0.240 e. The fraction of sp³-hybridized carbons (Fsp3) is 0.222. The molecule has 4 rings (SSSR count). The van der Waals surface area contributed by atoms with E-state index >= 15 is 0 Å². The SMILES string of the molecule is O=S(=O)(NC[C@@](O)(c1ccco1)c1cccs1)c1ccc2c(c1)CCO2. The van der Waals surface area contributed by atoms with Crippen LogP contribution in [0.4, 0.5) is 0 Å². The van der Waals surface area contributed by atoms with Gasteiger partial charge in [0.15, 0.2) is 5.60 Å². The van der Waals surface area contributed by atoms with Gasteiger partial charge in [-0.15, -0.1) is 11.3 Å². The maximum atomic E-state index is 12.7. The second-order valence-electron chi connectivity index (χ2n) is 6.01. The number of ether oxygens (including phenoxy) is 1. The Hall–Kier alpha value is -2.13. The van der Waals surface area contributed by atoms with Crippen molar-refractivity contribution < 1.29 is 22.7 Å². The summed E-state index contributed by atoms with van der Waals surface area (Å²) in [5, 5.41) is 13.0. The summed E-state index contributed by atoms with van der Waals surface area (Å²) < 4.78 is 38.7. The molecule has 2 N–H and O–H groups in total. The van der Waals surface area contributed by atoms with Gasteiger partial charge in [0.25, 0.3) is 0 Å². The number of hydrogen-bond acceptors (Lipinski definition) is 6. The molecule has 0 amide bonds. The van der Waals surface area contributed by atoms with Crippen LogP contribution in [0.5, 0.6) is 5.75 Å². The minimum Gasteiger partial charge on any atom is -0.493 e. The molecule has 1 aliphatic rings. The lowest BCUT2D eigenvalue weighted by Gasteiger charge is -2.25. The van der Waals surface area contributed by atoms with Crippen LogP contribution < -0.4 is 9.46 Å². The van der Waals surface area contributed by atoms with Crippen molar-refractivity contribution in [1.82, 2.24) is 4.72 Å². The Morgan fingerprint density at radius 2 is 2.12 bits per heavy atom. The quantitative estimate of drug-likeness (QED) is 0.674. The van der Waals surface area contributed by atoms with Gasteiger partial charge in [0.05, 0.1) is 24.3 Å². The Balaban J connectivity index is 1.61. The molecule has 1 aromatic carbocycles. The average molecular weight is 391 g/mol. The van der Waals surface area contributed by atoms with E-state index in [0.29, 0.717) is 17.9 Å². The summed E-state index contributed by atoms with van der Waals surface area (Å²) in [5.41, 5.74) is -0.711. The predicted molar refractivity (Wildman–Crippen MR) is 96.9 cm³/mol. The van der Waals surface area contributed by atoms with Crippen LogP contribution in [-0.2, 0) is 22.0 Å². The van der Waals surface area contributed by atoms with E-state index in [-0.39, 0.29) is 17.2 Å². The van der Waals surface area contributed by atoms with Crippen LogP contribution in [0.1, 0.15) is 16.2 Å². The second-order valence-corrected chi connectivity index (χ2v) is 8.72. The van der Waals surface area contributed by atoms with E-state index in [4.69, 9.17) is 9.15 Å². The van der Waals surface area contributed by atoms with Gasteiger partial charge in [0, 0.05) is 11.3 Å². The number of hydrogen-bond donors (Lipinski definition) is 2. The maximum absolute atomic E-state index is 12.7. The minimum absolute atomic E-state index is 0.148. The molecule has 3 heterocycles. The summed E-state index contributed by atoms with van der Waals surface area (Å²) in [6, 6.07) is 11.6. The van der Waals surface area contributed by atoms with Crippen LogP contribution >= 0.6 is 11.3 Å². The van der Waals surface area contributed by atoms with Crippen molar-refractivity contribution in [3.63, 3.8) is 0 Å². The summed E-state index contributed by atoms with van der Waals surface area (Å²) in [5.74, 6) is 1.000. The number of benzene rings is 1. The number of thiophene rings is 1. The molecule has 0 unspecified atom stereocenters. The van der Waals surface area contributed by atoms with Crippen LogP contribution in [0.15, 0.2) is 63.4 Å². The van der Waals surface area contributed by atoms with E-state index in [0.717, 1.165) is 11.3 Å². The summed E-state index contributed by atoms with van der Waals surface area (Å²) in [6.45, 7) is 0.319. The molecule has 0 spiro atoms. The van der Waals surface area contributed by atoms with E-state index in [9.17, 15) is 13.5 Å². The van der Waals surface area contributed by atoms with Crippen molar-refractivity contribution in [2.75, 3.05) is 13.2 Å². The molecule has 1 atom stereocenters. The standard InChI is InChI=1S/C18H17NO5S2/c20-18(16-3-1-8-24-16,17-4-2-10-25-17)12-19-26(21,22)14-5-6-15-13(11-14)7-9-23-15/h1-6,8,10-11,19-20H,7,9,12H2/t18-/m1/s1. The molecular formula is C18H17NO5S2. The summed E-state index contributed by atoms with van der Waals surface area (Å²) in [7, 11) is -3.80. The van der Waals surface area contributed by atoms with Crippen LogP contribution in [0.3, 0.4) is 0 Å². The Kier molecular flexibility index (Phi) is 4.36. The monoisotopic (exact) mass is 391 g/mol. The highest BCUT2D eigenvalue weighted by atomic mass is 32.2. The van der Waals surface area contributed by atoms with Crippen molar-refractivity contribution in [3.8, 4) is 5.75 Å². The van der Waals surface area contributed by atoms with Gasteiger partial charge < -0.3 is 14.3 Å². The third kappa shape index (κ3) is 3.05. The van der Waals surface area contributed by atoms with Crippen molar-refractivity contribution in [2.24, 2.45) is 0 Å². The van der Waals surface area contributed by atoms with E-state index in [2.05, 4.69) is 4.72 Å². The van der Waals surface area contributed by atoms with E-state index in [1.165, 1.54) is 23.7 Å². The highest BCUT2D eigenvalue weighted by Gasteiger charge is 2.37. The van der Waals surface area contributed by atoms with Gasteiger partial charge in [0.1, 0.15) is 11.5 Å². The first-order valence-electron chi connectivity index (χ1n) is 8.05. The number of furan rings is 1. The summed E-state index contributed by atoms with van der Waals surface area (Å²) >= 11 is 1.33. The van der Waals surface area contributed by atoms with Gasteiger partial charge in [-0.1, -0.05) is 6.07 Å². The third-order valence-corrected chi connectivity index (χ3v) is 6.77. The molecule has 26 heavy (non-hydrogen) atoms. The highest BCUT2D eigenvalue weighted by Crippen LogP contribution is 2.33. The molecule has 0 radical (unpaired) electrons. The molecule has 136 valence electrons. The average Bonchev–Trinajstić information content (AvgIpc) is 3.41. The molecule has 0 saturated carbocycles. The Labute approximate surface area is 155 Å². The fourth-order valence-corrected chi connectivity index (χ4v) is 4.88. The molecule has 0 bridgehead atoms. The zero-order valence-electron chi connectivity index (χ0n) is 13.7. The predicted octanol–water partition coefficient (Wildman–Crippen LogP) is 2.49. The molecular weight excluding hydrogens is 374 g/mol. The molecule has 0 saturated heterocycles. The van der Waals surface area contributed by atoms with Gasteiger partial charge in [-0.2, -0.15) is 0 Å². The number of nitrogens with one attached hydrogen (secondary N) is 1. The van der Waals surface area contributed by atoms with Crippen LogP contribution in [0.2, 0.25) is 0 Å². The largest absolute Gasteiger partial charge is 0.493 e. The molecule has 2 aromatic heterocycles. The molecule has 1 aliphatic heterocycles. The van der Waals surface area contributed by atoms with E-state index < -0.39 is 15.6 Å². The summed E-state index contributed by atoms with van der Waals surface area (Å²) in [6.07, 6.45) is 2.13. The molecule has 0 aliphatic carbocycles. The van der Waals surface area contributed by atoms with Crippen molar-refractivity contribution in [3.05, 3.63) is 70.3 Å². The third-order valence-electron chi connectivity index (χ3n) is 4.35. The van der Waals surface area contributed by atoms with E-state index in [1.54, 1.807) is 36.4 Å². The van der Waals surface area contributed by atoms with Gasteiger partial charge >= 0.3 is 0 Å². The van der Waals surface area contributed by atoms with Crippen molar-refractivity contribution in [1.29, 1.82) is 0 Å². The smallest absolute Gasteiger partial charge is 0.240 e. The zero-order chi connectivity index (χ0) is 18.2. The first kappa shape index (κ1) is 17.3. The summed E-state index contributed by atoms with van der Waals surface area (Å²) in [4.78, 5) is 0.743. The Bertz CT molecular complexity index is 960. The number of rotatable bonds is 6. The molecule has 6 nitrogen and oxygen atoms in total. The second kappa shape index (κ2) is 6.55. The Morgan fingerprint density at radius 1 is 1.23 bits per heavy atom. The topological polar surface area (TPSA) is 88.8 Å². The van der Waals surface area contributed by atoms with E-state index in [1.807, 2.05) is 5.38 Å². The fourth-order valence-electron chi connectivity index (χ4n) is 2.94. The van der Waals surface area contributed by atoms with Gasteiger partial charge in [-0.25, -0.2) is 13.1 Å². The first-order valence-corrected chi connectivity index (χ1v) is 10.4. The first-order chi connectivity index (χ1) is 12.5. The Morgan fingerprint density at radius 3 is 2.85 bits per heavy atom.